The SMILES string of the molecule is Cc1nn(-c2ccccc2)c2sc(C(=O)OCCCn3c(=O)[nH]c4ccccc43)cc12. The molecule has 3 heterocycles. The van der Waals surface area contributed by atoms with E-state index in [0.29, 0.717) is 17.8 Å². The lowest BCUT2D eigenvalue weighted by Gasteiger charge is -2.05. The average Bonchev–Trinajstić information content (AvgIpc) is 3.45. The van der Waals surface area contributed by atoms with Gasteiger partial charge in [0.15, 0.2) is 0 Å². The molecule has 0 saturated heterocycles. The van der Waals surface area contributed by atoms with Crippen LogP contribution in [-0.4, -0.2) is 31.9 Å². The Labute approximate surface area is 181 Å². The van der Waals surface area contributed by atoms with Crippen LogP contribution in [0.2, 0.25) is 0 Å². The van der Waals surface area contributed by atoms with E-state index >= 15 is 0 Å². The number of ether oxygens (including phenoxy) is 1. The summed E-state index contributed by atoms with van der Waals surface area (Å²) < 4.78 is 9.00. The molecule has 156 valence electrons. The molecule has 0 bridgehead atoms. The van der Waals surface area contributed by atoms with E-state index in [1.54, 1.807) is 4.57 Å². The summed E-state index contributed by atoms with van der Waals surface area (Å²) in [4.78, 5) is 29.0. The number of benzene rings is 2. The highest BCUT2D eigenvalue weighted by Gasteiger charge is 2.18. The normalized spacial score (nSPS) is 11.4. The topological polar surface area (TPSA) is 81.9 Å². The molecule has 0 aliphatic heterocycles. The molecular weight excluding hydrogens is 412 g/mol. The van der Waals surface area contributed by atoms with Crippen molar-refractivity contribution in [1.29, 1.82) is 0 Å². The van der Waals surface area contributed by atoms with E-state index in [4.69, 9.17) is 4.74 Å². The molecule has 31 heavy (non-hydrogen) atoms. The van der Waals surface area contributed by atoms with Crippen LogP contribution < -0.4 is 5.69 Å². The molecule has 0 amide bonds. The van der Waals surface area contributed by atoms with Crippen LogP contribution in [0.5, 0.6) is 0 Å². The Bertz CT molecular complexity index is 1440. The maximum atomic E-state index is 12.6. The van der Waals surface area contributed by atoms with E-state index in [0.717, 1.165) is 32.6 Å². The third kappa shape index (κ3) is 3.55. The maximum absolute atomic E-state index is 12.6. The third-order valence-electron chi connectivity index (χ3n) is 5.19. The highest BCUT2D eigenvalue weighted by Crippen LogP contribution is 2.30. The van der Waals surface area contributed by atoms with Gasteiger partial charge in [0.25, 0.3) is 0 Å². The van der Waals surface area contributed by atoms with Crippen LogP contribution in [0.1, 0.15) is 21.8 Å². The Morgan fingerprint density at radius 2 is 1.90 bits per heavy atom. The zero-order chi connectivity index (χ0) is 21.4. The Morgan fingerprint density at radius 3 is 2.74 bits per heavy atom. The molecule has 5 aromatic rings. The van der Waals surface area contributed by atoms with E-state index in [9.17, 15) is 9.59 Å². The van der Waals surface area contributed by atoms with Crippen LogP contribution in [0.3, 0.4) is 0 Å². The number of aromatic nitrogens is 4. The first-order valence-corrected chi connectivity index (χ1v) is 10.8. The minimum absolute atomic E-state index is 0.155. The lowest BCUT2D eigenvalue weighted by molar-refractivity contribution is 0.0502. The monoisotopic (exact) mass is 432 g/mol. The van der Waals surface area contributed by atoms with Crippen molar-refractivity contribution < 1.29 is 9.53 Å². The molecule has 0 fully saturated rings. The molecule has 5 rings (SSSR count). The number of H-pyrrole nitrogens is 1. The summed E-state index contributed by atoms with van der Waals surface area (Å²) in [5.74, 6) is -0.355. The number of aromatic amines is 1. The van der Waals surface area contributed by atoms with Crippen molar-refractivity contribution in [2.24, 2.45) is 0 Å². The zero-order valence-corrected chi connectivity index (χ0v) is 17.7. The van der Waals surface area contributed by atoms with Crippen LogP contribution in [0.25, 0.3) is 26.9 Å². The second-order valence-electron chi connectivity index (χ2n) is 7.25. The predicted octanol–water partition coefficient (Wildman–Crippen LogP) is 4.29. The van der Waals surface area contributed by atoms with Gasteiger partial charge in [0.1, 0.15) is 9.71 Å². The number of hydrogen-bond donors (Lipinski definition) is 1. The zero-order valence-electron chi connectivity index (χ0n) is 16.9. The summed E-state index contributed by atoms with van der Waals surface area (Å²) >= 11 is 1.37. The van der Waals surface area contributed by atoms with Gasteiger partial charge in [-0.3, -0.25) is 4.57 Å². The van der Waals surface area contributed by atoms with Gasteiger partial charge in [-0.2, -0.15) is 5.10 Å². The number of para-hydroxylation sites is 3. The summed E-state index contributed by atoms with van der Waals surface area (Å²) in [6.45, 7) is 2.65. The summed E-state index contributed by atoms with van der Waals surface area (Å²) in [6, 6.07) is 19.2. The molecule has 2 aromatic carbocycles. The second-order valence-corrected chi connectivity index (χ2v) is 8.28. The van der Waals surface area contributed by atoms with Crippen LogP contribution >= 0.6 is 11.3 Å². The molecule has 3 aromatic heterocycles. The first-order valence-electron chi connectivity index (χ1n) is 10.0. The fraction of sp³-hybridized carbons (Fsp3) is 0.174. The van der Waals surface area contributed by atoms with Gasteiger partial charge >= 0.3 is 11.7 Å². The number of thiophene rings is 1. The fourth-order valence-electron chi connectivity index (χ4n) is 3.68. The van der Waals surface area contributed by atoms with Gasteiger partial charge in [0.2, 0.25) is 0 Å². The minimum Gasteiger partial charge on any atom is -0.461 e. The fourth-order valence-corrected chi connectivity index (χ4v) is 4.76. The molecule has 1 N–H and O–H groups in total. The third-order valence-corrected chi connectivity index (χ3v) is 6.28. The second kappa shape index (κ2) is 7.88. The Morgan fingerprint density at radius 1 is 1.13 bits per heavy atom. The summed E-state index contributed by atoms with van der Waals surface area (Å²) in [5.41, 5.74) is 3.32. The van der Waals surface area contributed by atoms with E-state index in [2.05, 4.69) is 10.1 Å². The number of esters is 1. The highest BCUT2D eigenvalue weighted by molar-refractivity contribution is 7.20. The molecule has 8 heteroatoms. The first kappa shape index (κ1) is 19.3. The molecule has 0 radical (unpaired) electrons. The van der Waals surface area contributed by atoms with E-state index in [1.807, 2.05) is 72.3 Å². The smallest absolute Gasteiger partial charge is 0.348 e. The van der Waals surface area contributed by atoms with Crippen molar-refractivity contribution in [2.75, 3.05) is 6.61 Å². The predicted molar refractivity (Wildman–Crippen MR) is 121 cm³/mol. The van der Waals surface area contributed by atoms with E-state index < -0.39 is 0 Å². The number of nitrogens with zero attached hydrogens (tertiary/aromatic N) is 3. The van der Waals surface area contributed by atoms with Crippen molar-refractivity contribution in [3.63, 3.8) is 0 Å². The number of fused-ring (bicyclic) bond motifs is 2. The number of hydrogen-bond acceptors (Lipinski definition) is 5. The maximum Gasteiger partial charge on any atom is 0.348 e. The quantitative estimate of drug-likeness (QED) is 0.321. The molecule has 0 aliphatic carbocycles. The van der Waals surface area contributed by atoms with E-state index in [1.165, 1.54) is 11.3 Å². The largest absolute Gasteiger partial charge is 0.461 e. The highest BCUT2D eigenvalue weighted by atomic mass is 32.1. The van der Waals surface area contributed by atoms with Gasteiger partial charge in [0.05, 0.1) is 29.0 Å². The van der Waals surface area contributed by atoms with Crippen LogP contribution in [0, 0.1) is 6.92 Å². The van der Waals surface area contributed by atoms with Gasteiger partial charge in [-0.05, 0) is 43.7 Å². The first-order chi connectivity index (χ1) is 15.1. The van der Waals surface area contributed by atoms with Gasteiger partial charge in [-0.25, -0.2) is 14.3 Å². The summed E-state index contributed by atoms with van der Waals surface area (Å²) in [7, 11) is 0. The Kier molecular flexibility index (Phi) is 4.91. The molecule has 0 saturated carbocycles. The number of nitrogens with one attached hydrogen (secondary N) is 1. The molecule has 0 aliphatic rings. The molecular formula is C23H20N4O3S. The summed E-state index contributed by atoms with van der Waals surface area (Å²) in [6.07, 6.45) is 0.551. The number of rotatable bonds is 6. The number of carbonyl (C=O) groups is 1. The molecule has 7 nitrogen and oxygen atoms in total. The number of imidazole rings is 1. The molecule has 0 atom stereocenters. The number of aryl methyl sites for hydroxylation is 2. The van der Waals surface area contributed by atoms with E-state index in [-0.39, 0.29) is 18.3 Å². The summed E-state index contributed by atoms with van der Waals surface area (Å²) in [5, 5.41) is 5.55. The lowest BCUT2D eigenvalue weighted by atomic mass is 10.3. The van der Waals surface area contributed by atoms with Crippen LogP contribution in [0.15, 0.2) is 65.5 Å². The van der Waals surface area contributed by atoms with Gasteiger partial charge in [0, 0.05) is 11.9 Å². The molecule has 0 spiro atoms. The van der Waals surface area contributed by atoms with Crippen molar-refractivity contribution in [1.82, 2.24) is 19.3 Å². The standard InChI is InChI=1S/C23H20N4O3S/c1-15-17-14-20(31-21(17)27(25-15)16-8-3-2-4-9-16)22(28)30-13-7-12-26-19-11-6-5-10-18(19)24-23(26)29/h2-6,8-11,14H,7,12-13H2,1H3,(H,24,29). The lowest BCUT2D eigenvalue weighted by Crippen LogP contribution is -2.18. The van der Waals surface area contributed by atoms with Crippen molar-refractivity contribution in [3.05, 3.63) is 81.7 Å². The molecule has 0 unspecified atom stereocenters. The number of carbonyl (C=O) groups excluding carboxylic acids is 1. The van der Waals surface area contributed by atoms with Crippen LogP contribution in [-0.2, 0) is 11.3 Å². The minimum atomic E-state index is -0.355. The van der Waals surface area contributed by atoms with Crippen molar-refractivity contribution in [3.8, 4) is 5.69 Å². The average molecular weight is 433 g/mol. The van der Waals surface area contributed by atoms with Crippen LogP contribution in [0.4, 0.5) is 0 Å². The van der Waals surface area contributed by atoms with Crippen molar-refractivity contribution >= 4 is 38.6 Å². The van der Waals surface area contributed by atoms with Gasteiger partial charge in [-0.15, -0.1) is 11.3 Å². The Hall–Kier alpha value is -3.65. The van der Waals surface area contributed by atoms with Crippen molar-refractivity contribution in [2.45, 2.75) is 19.9 Å². The van der Waals surface area contributed by atoms with Gasteiger partial charge < -0.3 is 9.72 Å². The van der Waals surface area contributed by atoms with Gasteiger partial charge in [-0.1, -0.05) is 30.3 Å². The Balaban J connectivity index is 1.28.